The van der Waals surface area contributed by atoms with Crippen LogP contribution in [0.2, 0.25) is 0 Å². The number of nitrogen functional groups attached to an aromatic ring is 1. The maximum absolute atomic E-state index is 14.3. The van der Waals surface area contributed by atoms with Crippen LogP contribution in [-0.4, -0.2) is 5.16 Å². The Kier molecular flexibility index (Phi) is 2.35. The van der Waals surface area contributed by atoms with E-state index in [0.717, 1.165) is 36.8 Å². The number of hydrogen-bond acceptors (Lipinski definition) is 3. The van der Waals surface area contributed by atoms with Crippen molar-refractivity contribution >= 4 is 5.88 Å². The van der Waals surface area contributed by atoms with Crippen LogP contribution < -0.4 is 5.73 Å². The predicted molar refractivity (Wildman–Crippen MR) is 63.0 cm³/mol. The molecule has 1 aromatic heterocycles. The Morgan fingerprint density at radius 2 is 2.06 bits per heavy atom. The molecule has 0 fully saturated rings. The molecule has 0 unspecified atom stereocenters. The summed E-state index contributed by atoms with van der Waals surface area (Å²) in [6, 6.07) is 5.29. The third-order valence-electron chi connectivity index (χ3n) is 3.27. The average Bonchev–Trinajstić information content (AvgIpc) is 2.77. The molecule has 1 aliphatic rings. The van der Waals surface area contributed by atoms with E-state index in [-0.39, 0.29) is 11.7 Å². The zero-order valence-corrected chi connectivity index (χ0v) is 9.37. The fourth-order valence-electron chi connectivity index (χ4n) is 2.40. The van der Waals surface area contributed by atoms with Crippen LogP contribution in [-0.2, 0) is 12.8 Å². The molecule has 2 aromatic rings. The maximum atomic E-state index is 14.3. The number of nitrogens with two attached hydrogens (primary N) is 1. The number of benzene rings is 1. The van der Waals surface area contributed by atoms with E-state index < -0.39 is 0 Å². The Labute approximate surface area is 98.4 Å². The van der Waals surface area contributed by atoms with Gasteiger partial charge in [-0.25, -0.2) is 4.39 Å². The quantitative estimate of drug-likeness (QED) is 0.822. The highest BCUT2D eigenvalue weighted by Gasteiger charge is 2.18. The molecule has 0 saturated heterocycles. The van der Waals surface area contributed by atoms with Crippen LogP contribution in [0.1, 0.15) is 24.0 Å². The van der Waals surface area contributed by atoms with E-state index in [0.29, 0.717) is 11.3 Å². The van der Waals surface area contributed by atoms with Crippen molar-refractivity contribution in [1.82, 2.24) is 5.16 Å². The van der Waals surface area contributed by atoms with E-state index in [9.17, 15) is 4.39 Å². The van der Waals surface area contributed by atoms with E-state index in [1.807, 2.05) is 6.07 Å². The summed E-state index contributed by atoms with van der Waals surface area (Å²) in [6.07, 6.45) is 3.97. The van der Waals surface area contributed by atoms with Gasteiger partial charge in [0.05, 0.1) is 0 Å². The van der Waals surface area contributed by atoms with E-state index >= 15 is 0 Å². The van der Waals surface area contributed by atoms with Crippen molar-refractivity contribution in [2.24, 2.45) is 0 Å². The maximum Gasteiger partial charge on any atom is 0.222 e. The van der Waals surface area contributed by atoms with Crippen LogP contribution in [0.3, 0.4) is 0 Å². The Morgan fingerprint density at radius 1 is 1.24 bits per heavy atom. The van der Waals surface area contributed by atoms with Crippen molar-refractivity contribution in [3.8, 4) is 11.3 Å². The lowest BCUT2D eigenvalue weighted by Crippen LogP contribution is -2.06. The number of nitrogens with zero attached hydrogens (tertiary/aromatic N) is 1. The van der Waals surface area contributed by atoms with Crippen LogP contribution in [0.5, 0.6) is 0 Å². The van der Waals surface area contributed by atoms with Crippen LogP contribution in [0, 0.1) is 5.82 Å². The molecular formula is C13H13FN2O. The molecule has 2 N–H and O–H groups in total. The minimum atomic E-state index is -0.171. The van der Waals surface area contributed by atoms with Crippen LogP contribution in [0.4, 0.5) is 10.3 Å². The second-order valence-corrected chi connectivity index (χ2v) is 4.39. The molecule has 88 valence electrons. The summed E-state index contributed by atoms with van der Waals surface area (Å²) >= 11 is 0. The van der Waals surface area contributed by atoms with Gasteiger partial charge in [0, 0.05) is 11.6 Å². The first-order valence-electron chi connectivity index (χ1n) is 5.78. The Hall–Kier alpha value is -1.84. The summed E-state index contributed by atoms with van der Waals surface area (Å²) in [4.78, 5) is 0. The summed E-state index contributed by atoms with van der Waals surface area (Å²) in [5, 5.41) is 3.76. The first-order valence-corrected chi connectivity index (χ1v) is 5.78. The third kappa shape index (κ3) is 1.69. The molecule has 17 heavy (non-hydrogen) atoms. The number of anilines is 1. The van der Waals surface area contributed by atoms with Crippen molar-refractivity contribution in [2.75, 3.05) is 5.73 Å². The van der Waals surface area contributed by atoms with Gasteiger partial charge in [0.1, 0.15) is 11.5 Å². The molecule has 3 rings (SSSR count). The number of halogens is 1. The standard InChI is InChI=1S/C13H13FN2O/c14-13-9-4-2-1-3-8(9)5-6-10(13)11-7-12(15)17-16-11/h5-7H,1-4,15H2. The smallest absolute Gasteiger partial charge is 0.222 e. The van der Waals surface area contributed by atoms with Crippen molar-refractivity contribution < 1.29 is 8.91 Å². The Balaban J connectivity index is 2.12. The van der Waals surface area contributed by atoms with Gasteiger partial charge in [-0.05, 0) is 42.9 Å². The van der Waals surface area contributed by atoms with E-state index in [1.54, 1.807) is 12.1 Å². The molecule has 1 heterocycles. The summed E-state index contributed by atoms with van der Waals surface area (Å²) in [5.74, 6) is 0.0348. The highest BCUT2D eigenvalue weighted by atomic mass is 19.1. The van der Waals surface area contributed by atoms with Gasteiger partial charge in [-0.15, -0.1) is 0 Å². The fraction of sp³-hybridized carbons (Fsp3) is 0.308. The van der Waals surface area contributed by atoms with E-state index in [4.69, 9.17) is 10.3 Å². The van der Waals surface area contributed by atoms with Crippen LogP contribution >= 0.6 is 0 Å². The van der Waals surface area contributed by atoms with Gasteiger partial charge in [-0.1, -0.05) is 11.2 Å². The molecule has 0 radical (unpaired) electrons. The van der Waals surface area contributed by atoms with E-state index in [1.165, 1.54) is 0 Å². The minimum absolute atomic E-state index is 0.171. The lowest BCUT2D eigenvalue weighted by molar-refractivity contribution is 0.438. The molecule has 1 aliphatic carbocycles. The Morgan fingerprint density at radius 3 is 2.82 bits per heavy atom. The number of aryl methyl sites for hydroxylation is 1. The topological polar surface area (TPSA) is 52.0 Å². The molecule has 3 nitrogen and oxygen atoms in total. The average molecular weight is 232 g/mol. The molecule has 4 heteroatoms. The normalized spacial score (nSPS) is 14.6. The summed E-state index contributed by atoms with van der Waals surface area (Å²) < 4.78 is 19.1. The van der Waals surface area contributed by atoms with Crippen LogP contribution in [0.25, 0.3) is 11.3 Å². The summed E-state index contributed by atoms with van der Waals surface area (Å²) in [5.41, 5.74) is 8.34. The van der Waals surface area contributed by atoms with Crippen molar-refractivity contribution in [1.29, 1.82) is 0 Å². The van der Waals surface area contributed by atoms with Gasteiger partial charge in [0.15, 0.2) is 0 Å². The van der Waals surface area contributed by atoms with Gasteiger partial charge in [0.25, 0.3) is 0 Å². The molecular weight excluding hydrogens is 219 g/mol. The molecule has 0 saturated carbocycles. The summed E-state index contributed by atoms with van der Waals surface area (Å²) in [6.45, 7) is 0. The Bertz CT molecular complexity index is 563. The number of hydrogen-bond donors (Lipinski definition) is 1. The van der Waals surface area contributed by atoms with Gasteiger partial charge in [-0.2, -0.15) is 0 Å². The van der Waals surface area contributed by atoms with Crippen molar-refractivity contribution in [3.63, 3.8) is 0 Å². The first kappa shape index (κ1) is 10.3. The van der Waals surface area contributed by atoms with E-state index in [2.05, 4.69) is 5.16 Å². The largest absolute Gasteiger partial charge is 0.368 e. The van der Waals surface area contributed by atoms with Crippen molar-refractivity contribution in [2.45, 2.75) is 25.7 Å². The number of rotatable bonds is 1. The molecule has 0 amide bonds. The summed E-state index contributed by atoms with van der Waals surface area (Å²) in [7, 11) is 0. The lowest BCUT2D eigenvalue weighted by Gasteiger charge is -2.17. The minimum Gasteiger partial charge on any atom is -0.368 e. The predicted octanol–water partition coefficient (Wildman–Crippen LogP) is 2.94. The highest BCUT2D eigenvalue weighted by molar-refractivity contribution is 5.64. The first-order chi connectivity index (χ1) is 8.25. The molecule has 0 spiro atoms. The SMILES string of the molecule is Nc1cc(-c2ccc3c(c2F)CCCC3)no1. The van der Waals surface area contributed by atoms with Crippen molar-refractivity contribution in [3.05, 3.63) is 35.1 Å². The molecule has 1 aromatic carbocycles. The zero-order chi connectivity index (χ0) is 11.8. The highest BCUT2D eigenvalue weighted by Crippen LogP contribution is 2.31. The zero-order valence-electron chi connectivity index (χ0n) is 9.37. The van der Waals surface area contributed by atoms with Crippen LogP contribution in [0.15, 0.2) is 22.7 Å². The number of aromatic nitrogens is 1. The molecule has 0 atom stereocenters. The number of fused-ring (bicyclic) bond motifs is 1. The second kappa shape index (κ2) is 3.87. The second-order valence-electron chi connectivity index (χ2n) is 4.39. The monoisotopic (exact) mass is 232 g/mol. The molecule has 0 bridgehead atoms. The van der Waals surface area contributed by atoms with Gasteiger partial charge in [-0.3, -0.25) is 0 Å². The third-order valence-corrected chi connectivity index (χ3v) is 3.27. The fourth-order valence-corrected chi connectivity index (χ4v) is 2.40. The molecule has 0 aliphatic heterocycles. The lowest BCUT2D eigenvalue weighted by atomic mass is 9.89. The van der Waals surface area contributed by atoms with Gasteiger partial charge >= 0.3 is 0 Å². The van der Waals surface area contributed by atoms with Gasteiger partial charge in [0.2, 0.25) is 5.88 Å². The van der Waals surface area contributed by atoms with Gasteiger partial charge < -0.3 is 10.3 Å².